The first-order valence-corrected chi connectivity index (χ1v) is 8.12. The van der Waals surface area contributed by atoms with Gasteiger partial charge in [0.15, 0.2) is 9.84 Å². The summed E-state index contributed by atoms with van der Waals surface area (Å²) in [6.45, 7) is 0.316. The molecule has 110 valence electrons. The zero-order valence-corrected chi connectivity index (χ0v) is 11.9. The second-order valence-corrected chi connectivity index (χ2v) is 7.04. The van der Waals surface area contributed by atoms with E-state index in [4.69, 9.17) is 10.5 Å². The van der Waals surface area contributed by atoms with E-state index in [-0.39, 0.29) is 22.3 Å². The predicted molar refractivity (Wildman–Crippen MR) is 77.5 cm³/mol. The van der Waals surface area contributed by atoms with Crippen LogP contribution in [-0.4, -0.2) is 20.8 Å². The minimum Gasteiger partial charge on any atom is -0.493 e. The number of para-hydroxylation sites is 1. The molecule has 2 aromatic carbocycles. The van der Waals surface area contributed by atoms with Crippen LogP contribution in [0.25, 0.3) is 0 Å². The van der Waals surface area contributed by atoms with E-state index in [9.17, 15) is 12.8 Å². The quantitative estimate of drug-likeness (QED) is 0.884. The molecule has 0 saturated heterocycles. The van der Waals surface area contributed by atoms with Crippen LogP contribution in [0.3, 0.4) is 0 Å². The van der Waals surface area contributed by atoms with Crippen LogP contribution in [0.5, 0.6) is 5.75 Å². The van der Waals surface area contributed by atoms with Gasteiger partial charge >= 0.3 is 0 Å². The van der Waals surface area contributed by atoms with Gasteiger partial charge in [0.05, 0.1) is 22.9 Å². The molecule has 1 atom stereocenters. The van der Waals surface area contributed by atoms with Crippen molar-refractivity contribution >= 4 is 15.5 Å². The van der Waals surface area contributed by atoms with Crippen LogP contribution >= 0.6 is 0 Å². The molecular formula is C15H14FNO3S. The molecule has 3 rings (SSSR count). The molecular weight excluding hydrogens is 293 g/mol. The highest BCUT2D eigenvalue weighted by molar-refractivity contribution is 7.91. The van der Waals surface area contributed by atoms with Gasteiger partial charge in [-0.15, -0.1) is 0 Å². The van der Waals surface area contributed by atoms with Gasteiger partial charge in [-0.2, -0.15) is 0 Å². The highest BCUT2D eigenvalue weighted by Gasteiger charge is 2.29. The molecule has 0 radical (unpaired) electrons. The summed E-state index contributed by atoms with van der Waals surface area (Å²) in [5.41, 5.74) is 6.17. The summed E-state index contributed by atoms with van der Waals surface area (Å²) < 4.78 is 43.7. The number of nitrogen functional groups attached to an aromatic ring is 1. The smallest absolute Gasteiger partial charge is 0.179 e. The Bertz CT molecular complexity index is 789. The number of anilines is 1. The first kappa shape index (κ1) is 13.9. The van der Waals surface area contributed by atoms with Crippen molar-refractivity contribution in [2.45, 2.75) is 10.8 Å². The molecule has 1 heterocycles. The molecule has 4 nitrogen and oxygen atoms in total. The van der Waals surface area contributed by atoms with E-state index in [2.05, 4.69) is 0 Å². The van der Waals surface area contributed by atoms with Crippen molar-refractivity contribution in [2.75, 3.05) is 18.1 Å². The fourth-order valence-corrected chi connectivity index (χ4v) is 3.99. The van der Waals surface area contributed by atoms with E-state index in [1.54, 1.807) is 0 Å². The van der Waals surface area contributed by atoms with Gasteiger partial charge in [0, 0.05) is 11.5 Å². The Labute approximate surface area is 122 Å². The molecule has 1 aliphatic rings. The third-order valence-electron chi connectivity index (χ3n) is 3.55. The number of nitrogens with two attached hydrogens (primary N) is 1. The lowest BCUT2D eigenvalue weighted by Crippen LogP contribution is -2.16. The van der Waals surface area contributed by atoms with Crippen molar-refractivity contribution in [2.24, 2.45) is 0 Å². The van der Waals surface area contributed by atoms with E-state index < -0.39 is 15.7 Å². The summed E-state index contributed by atoms with van der Waals surface area (Å²) in [6.07, 6.45) is 0. The first-order valence-electron chi connectivity index (χ1n) is 6.47. The summed E-state index contributed by atoms with van der Waals surface area (Å²) >= 11 is 0. The normalized spacial score (nSPS) is 17.3. The Morgan fingerprint density at radius 2 is 2.00 bits per heavy atom. The van der Waals surface area contributed by atoms with Crippen molar-refractivity contribution in [3.63, 3.8) is 0 Å². The van der Waals surface area contributed by atoms with Gasteiger partial charge < -0.3 is 10.5 Å². The molecule has 0 aromatic heterocycles. The van der Waals surface area contributed by atoms with E-state index in [1.807, 2.05) is 24.3 Å². The number of ether oxygens (including phenoxy) is 1. The molecule has 0 spiro atoms. The lowest BCUT2D eigenvalue weighted by molar-refractivity contribution is 0.337. The summed E-state index contributed by atoms with van der Waals surface area (Å²) in [5, 5.41) is 0. The molecule has 6 heteroatoms. The Balaban J connectivity index is 1.89. The van der Waals surface area contributed by atoms with Crippen LogP contribution in [0.4, 0.5) is 10.1 Å². The molecule has 1 unspecified atom stereocenters. The van der Waals surface area contributed by atoms with E-state index in [0.717, 1.165) is 11.6 Å². The topological polar surface area (TPSA) is 69.4 Å². The molecule has 0 saturated carbocycles. The van der Waals surface area contributed by atoms with Gasteiger partial charge in [0.25, 0.3) is 0 Å². The lowest BCUT2D eigenvalue weighted by atomic mass is 10.0. The number of hydrogen-bond acceptors (Lipinski definition) is 4. The number of halogens is 1. The van der Waals surface area contributed by atoms with Crippen molar-refractivity contribution in [1.82, 2.24) is 0 Å². The average molecular weight is 307 g/mol. The standard InChI is InChI=1S/C15H14FNO3S/c16-13-7-11(5-6-14(13)17)21(18,19)9-10-8-20-15-4-2-1-3-12(10)15/h1-7,10H,8-9,17H2. The van der Waals surface area contributed by atoms with Crippen LogP contribution < -0.4 is 10.5 Å². The van der Waals surface area contributed by atoms with Crippen LogP contribution in [0.2, 0.25) is 0 Å². The zero-order valence-electron chi connectivity index (χ0n) is 11.1. The van der Waals surface area contributed by atoms with Gasteiger partial charge in [-0.1, -0.05) is 18.2 Å². The Kier molecular flexibility index (Phi) is 3.33. The highest BCUT2D eigenvalue weighted by Crippen LogP contribution is 2.35. The largest absolute Gasteiger partial charge is 0.493 e. The second-order valence-electron chi connectivity index (χ2n) is 5.01. The van der Waals surface area contributed by atoms with Gasteiger partial charge in [-0.25, -0.2) is 12.8 Å². The number of hydrogen-bond donors (Lipinski definition) is 1. The third-order valence-corrected chi connectivity index (χ3v) is 5.36. The predicted octanol–water partition coefficient (Wildman–Crippen LogP) is 2.36. The number of fused-ring (bicyclic) bond motifs is 1. The van der Waals surface area contributed by atoms with Gasteiger partial charge in [-0.3, -0.25) is 0 Å². The molecule has 2 N–H and O–H groups in total. The van der Waals surface area contributed by atoms with Crippen LogP contribution in [0.1, 0.15) is 11.5 Å². The fraction of sp³-hybridized carbons (Fsp3) is 0.200. The summed E-state index contributed by atoms with van der Waals surface area (Å²) in [5.74, 6) is -0.375. The SMILES string of the molecule is Nc1ccc(S(=O)(=O)CC2COc3ccccc32)cc1F. The second kappa shape index (κ2) is 5.04. The maximum atomic E-state index is 13.4. The number of benzene rings is 2. The molecule has 0 amide bonds. The van der Waals surface area contributed by atoms with E-state index in [1.165, 1.54) is 12.1 Å². The molecule has 0 aliphatic carbocycles. The fourth-order valence-electron chi connectivity index (χ4n) is 2.43. The van der Waals surface area contributed by atoms with Gasteiger partial charge in [0.2, 0.25) is 0 Å². The monoisotopic (exact) mass is 307 g/mol. The van der Waals surface area contributed by atoms with E-state index in [0.29, 0.717) is 12.4 Å². The minimum atomic E-state index is -3.60. The Morgan fingerprint density at radius 1 is 1.24 bits per heavy atom. The third kappa shape index (κ3) is 2.58. The molecule has 0 fully saturated rings. The number of sulfone groups is 1. The van der Waals surface area contributed by atoms with Crippen LogP contribution in [0, 0.1) is 5.82 Å². The molecule has 21 heavy (non-hydrogen) atoms. The van der Waals surface area contributed by atoms with Crippen molar-refractivity contribution < 1.29 is 17.5 Å². The molecule has 1 aliphatic heterocycles. The van der Waals surface area contributed by atoms with Crippen LogP contribution in [-0.2, 0) is 9.84 Å². The molecule has 0 bridgehead atoms. The zero-order chi connectivity index (χ0) is 15.0. The highest BCUT2D eigenvalue weighted by atomic mass is 32.2. The minimum absolute atomic E-state index is 0.0569. The average Bonchev–Trinajstić information content (AvgIpc) is 2.85. The lowest BCUT2D eigenvalue weighted by Gasteiger charge is -2.10. The van der Waals surface area contributed by atoms with E-state index >= 15 is 0 Å². The van der Waals surface area contributed by atoms with Crippen molar-refractivity contribution in [3.05, 3.63) is 53.8 Å². The first-order chi connectivity index (χ1) is 9.97. The summed E-state index contributed by atoms with van der Waals surface area (Å²) in [6, 6.07) is 10.9. The maximum absolute atomic E-state index is 13.4. The summed E-state index contributed by atoms with van der Waals surface area (Å²) in [7, 11) is -3.60. The maximum Gasteiger partial charge on any atom is 0.179 e. The molecule has 2 aromatic rings. The van der Waals surface area contributed by atoms with Crippen LogP contribution in [0.15, 0.2) is 47.4 Å². The summed E-state index contributed by atoms with van der Waals surface area (Å²) in [4.78, 5) is -0.0569. The Hall–Kier alpha value is -2.08. The van der Waals surface area contributed by atoms with Gasteiger partial charge in [-0.05, 0) is 24.3 Å². The number of rotatable bonds is 3. The van der Waals surface area contributed by atoms with Gasteiger partial charge in [0.1, 0.15) is 11.6 Å². The van der Waals surface area contributed by atoms with Crippen molar-refractivity contribution in [1.29, 1.82) is 0 Å². The Morgan fingerprint density at radius 3 is 2.76 bits per heavy atom. The van der Waals surface area contributed by atoms with Crippen molar-refractivity contribution in [3.8, 4) is 5.75 Å².